The molecular formula is C13H17BrFN. The zero-order chi connectivity index (χ0) is 11.5. The highest BCUT2D eigenvalue weighted by Gasteiger charge is 2.20. The Balaban J connectivity index is 2.18. The molecule has 1 unspecified atom stereocenters. The molecule has 1 aromatic rings. The molecular weight excluding hydrogens is 269 g/mol. The van der Waals surface area contributed by atoms with Crippen molar-refractivity contribution >= 4 is 15.9 Å². The predicted molar refractivity (Wildman–Crippen MR) is 67.9 cm³/mol. The molecule has 0 bridgehead atoms. The van der Waals surface area contributed by atoms with Crippen molar-refractivity contribution in [2.75, 3.05) is 13.1 Å². The van der Waals surface area contributed by atoms with Gasteiger partial charge >= 0.3 is 0 Å². The Hall–Kier alpha value is -0.410. The van der Waals surface area contributed by atoms with Gasteiger partial charge in [-0.05, 0) is 51.1 Å². The standard InChI is InChI=1S/C13H17BrFN/c1-10(16-7-3-2-4-8-16)12-9-11(14)5-6-13(12)15/h5-6,9-10H,2-4,7-8H2,1H3. The van der Waals surface area contributed by atoms with Crippen LogP contribution in [0.5, 0.6) is 0 Å². The summed E-state index contributed by atoms with van der Waals surface area (Å²) >= 11 is 3.40. The van der Waals surface area contributed by atoms with Gasteiger partial charge in [0.25, 0.3) is 0 Å². The molecule has 1 fully saturated rings. The number of hydrogen-bond donors (Lipinski definition) is 0. The summed E-state index contributed by atoms with van der Waals surface area (Å²) in [6, 6.07) is 5.37. The summed E-state index contributed by atoms with van der Waals surface area (Å²) in [5, 5.41) is 0. The lowest BCUT2D eigenvalue weighted by Gasteiger charge is -2.32. The van der Waals surface area contributed by atoms with Gasteiger partial charge in [-0.15, -0.1) is 0 Å². The van der Waals surface area contributed by atoms with Crippen molar-refractivity contribution in [1.29, 1.82) is 0 Å². The van der Waals surface area contributed by atoms with Crippen LogP contribution in [0.4, 0.5) is 4.39 Å². The molecule has 1 aliphatic rings. The Morgan fingerprint density at radius 1 is 1.25 bits per heavy atom. The van der Waals surface area contributed by atoms with Crippen LogP contribution in [0.2, 0.25) is 0 Å². The van der Waals surface area contributed by atoms with Gasteiger partial charge in [0.15, 0.2) is 0 Å². The Labute approximate surface area is 105 Å². The lowest BCUT2D eigenvalue weighted by molar-refractivity contribution is 0.172. The van der Waals surface area contributed by atoms with Gasteiger partial charge in [-0.2, -0.15) is 0 Å². The fourth-order valence-electron chi connectivity index (χ4n) is 2.34. The number of piperidine rings is 1. The first kappa shape index (κ1) is 12.1. The molecule has 0 N–H and O–H groups in total. The lowest BCUT2D eigenvalue weighted by atomic mass is 10.0. The highest BCUT2D eigenvalue weighted by atomic mass is 79.9. The van der Waals surface area contributed by atoms with Crippen LogP contribution in [0.3, 0.4) is 0 Å². The number of benzene rings is 1. The minimum absolute atomic E-state index is 0.0960. The van der Waals surface area contributed by atoms with Crippen molar-refractivity contribution in [2.45, 2.75) is 32.2 Å². The van der Waals surface area contributed by atoms with Crippen LogP contribution in [-0.2, 0) is 0 Å². The van der Waals surface area contributed by atoms with E-state index >= 15 is 0 Å². The number of halogens is 2. The van der Waals surface area contributed by atoms with Crippen LogP contribution in [0, 0.1) is 5.82 Å². The quantitative estimate of drug-likeness (QED) is 0.790. The van der Waals surface area contributed by atoms with E-state index in [1.54, 1.807) is 12.1 Å². The second kappa shape index (κ2) is 5.28. The Bertz CT molecular complexity index is 361. The molecule has 0 aliphatic carbocycles. The summed E-state index contributed by atoms with van der Waals surface area (Å²) in [7, 11) is 0. The van der Waals surface area contributed by atoms with Crippen LogP contribution < -0.4 is 0 Å². The van der Waals surface area contributed by atoms with Crippen LogP contribution in [0.1, 0.15) is 37.8 Å². The smallest absolute Gasteiger partial charge is 0.128 e. The number of hydrogen-bond acceptors (Lipinski definition) is 1. The minimum Gasteiger partial charge on any atom is -0.297 e. The fourth-order valence-corrected chi connectivity index (χ4v) is 2.72. The largest absolute Gasteiger partial charge is 0.297 e. The van der Waals surface area contributed by atoms with E-state index < -0.39 is 0 Å². The average molecular weight is 286 g/mol. The summed E-state index contributed by atoms with van der Waals surface area (Å²) in [6.07, 6.45) is 3.78. The third-order valence-electron chi connectivity index (χ3n) is 3.35. The first-order valence-electron chi connectivity index (χ1n) is 5.87. The zero-order valence-corrected chi connectivity index (χ0v) is 11.1. The molecule has 2 rings (SSSR count). The van der Waals surface area contributed by atoms with E-state index in [1.165, 1.54) is 19.3 Å². The van der Waals surface area contributed by atoms with E-state index in [4.69, 9.17) is 0 Å². The van der Waals surface area contributed by atoms with E-state index in [0.717, 1.165) is 23.1 Å². The molecule has 0 spiro atoms. The average Bonchev–Trinajstić information content (AvgIpc) is 2.32. The molecule has 3 heteroatoms. The van der Waals surface area contributed by atoms with Gasteiger partial charge in [0.1, 0.15) is 5.82 Å². The molecule has 0 aromatic heterocycles. The monoisotopic (exact) mass is 285 g/mol. The van der Waals surface area contributed by atoms with Crippen molar-refractivity contribution in [3.05, 3.63) is 34.1 Å². The Morgan fingerprint density at radius 2 is 1.94 bits per heavy atom. The second-order valence-electron chi connectivity index (χ2n) is 4.44. The molecule has 0 radical (unpaired) electrons. The summed E-state index contributed by atoms with van der Waals surface area (Å²) in [6.45, 7) is 4.27. The van der Waals surface area contributed by atoms with Crippen LogP contribution in [-0.4, -0.2) is 18.0 Å². The first-order valence-corrected chi connectivity index (χ1v) is 6.67. The molecule has 1 atom stereocenters. The van der Waals surface area contributed by atoms with Crippen molar-refractivity contribution in [3.63, 3.8) is 0 Å². The van der Waals surface area contributed by atoms with E-state index in [9.17, 15) is 4.39 Å². The third kappa shape index (κ3) is 2.64. The first-order chi connectivity index (χ1) is 7.68. The van der Waals surface area contributed by atoms with Crippen molar-refractivity contribution in [3.8, 4) is 0 Å². The molecule has 1 heterocycles. The van der Waals surface area contributed by atoms with Gasteiger partial charge < -0.3 is 0 Å². The van der Waals surface area contributed by atoms with E-state index in [2.05, 4.69) is 27.8 Å². The molecule has 0 amide bonds. The predicted octanol–water partition coefficient (Wildman–Crippen LogP) is 4.14. The van der Waals surface area contributed by atoms with Gasteiger partial charge in [-0.3, -0.25) is 4.90 Å². The summed E-state index contributed by atoms with van der Waals surface area (Å²) in [4.78, 5) is 2.37. The van der Waals surface area contributed by atoms with Crippen LogP contribution in [0.15, 0.2) is 22.7 Å². The molecule has 1 aromatic carbocycles. The van der Waals surface area contributed by atoms with E-state index in [1.807, 2.05) is 6.07 Å². The van der Waals surface area contributed by atoms with Gasteiger partial charge in [-0.1, -0.05) is 22.4 Å². The normalized spacial score (nSPS) is 19.7. The Morgan fingerprint density at radius 3 is 2.62 bits per heavy atom. The lowest BCUT2D eigenvalue weighted by Crippen LogP contribution is -2.32. The second-order valence-corrected chi connectivity index (χ2v) is 5.35. The van der Waals surface area contributed by atoms with Crippen LogP contribution >= 0.6 is 15.9 Å². The summed E-state index contributed by atoms with van der Waals surface area (Å²) in [5.41, 5.74) is 0.802. The maximum absolute atomic E-state index is 13.7. The number of rotatable bonds is 2. The number of likely N-dealkylation sites (tertiary alicyclic amines) is 1. The maximum atomic E-state index is 13.7. The highest BCUT2D eigenvalue weighted by Crippen LogP contribution is 2.28. The topological polar surface area (TPSA) is 3.24 Å². The summed E-state index contributed by atoms with van der Waals surface area (Å²) in [5.74, 6) is -0.0960. The van der Waals surface area contributed by atoms with E-state index in [-0.39, 0.29) is 11.9 Å². The zero-order valence-electron chi connectivity index (χ0n) is 9.55. The number of nitrogens with zero attached hydrogens (tertiary/aromatic N) is 1. The van der Waals surface area contributed by atoms with Crippen molar-refractivity contribution in [2.24, 2.45) is 0 Å². The third-order valence-corrected chi connectivity index (χ3v) is 3.84. The van der Waals surface area contributed by atoms with Gasteiger partial charge in [-0.25, -0.2) is 4.39 Å². The van der Waals surface area contributed by atoms with Gasteiger partial charge in [0.05, 0.1) is 0 Å². The van der Waals surface area contributed by atoms with E-state index in [0.29, 0.717) is 0 Å². The highest BCUT2D eigenvalue weighted by molar-refractivity contribution is 9.10. The Kier molecular flexibility index (Phi) is 3.98. The summed E-state index contributed by atoms with van der Waals surface area (Å²) < 4.78 is 14.7. The van der Waals surface area contributed by atoms with Gasteiger partial charge in [0, 0.05) is 16.1 Å². The maximum Gasteiger partial charge on any atom is 0.128 e. The van der Waals surface area contributed by atoms with Crippen LogP contribution in [0.25, 0.3) is 0 Å². The molecule has 88 valence electrons. The van der Waals surface area contributed by atoms with Gasteiger partial charge in [0.2, 0.25) is 0 Å². The minimum atomic E-state index is -0.0960. The molecule has 0 saturated carbocycles. The van der Waals surface area contributed by atoms with Crippen molar-refractivity contribution in [1.82, 2.24) is 4.90 Å². The molecule has 1 nitrogen and oxygen atoms in total. The molecule has 1 saturated heterocycles. The van der Waals surface area contributed by atoms with Crippen molar-refractivity contribution < 1.29 is 4.39 Å². The fraction of sp³-hybridized carbons (Fsp3) is 0.538. The molecule has 16 heavy (non-hydrogen) atoms. The SMILES string of the molecule is CC(c1cc(Br)ccc1F)N1CCCCC1. The molecule has 1 aliphatic heterocycles.